The van der Waals surface area contributed by atoms with Crippen molar-refractivity contribution in [1.82, 2.24) is 0 Å². The first-order chi connectivity index (χ1) is 40.0. The average Bonchev–Trinajstić information content (AvgIpc) is 3.46. The highest BCUT2D eigenvalue weighted by Gasteiger charge is 2.19. The van der Waals surface area contributed by atoms with Gasteiger partial charge in [0, 0.05) is 19.3 Å². The Labute approximate surface area is 499 Å². The molecule has 0 aromatic heterocycles. The van der Waals surface area contributed by atoms with E-state index in [9.17, 15) is 14.4 Å². The predicted molar refractivity (Wildman–Crippen MR) is 352 cm³/mol. The number of hydrogen-bond donors (Lipinski definition) is 0. The molecule has 0 rings (SSSR count). The van der Waals surface area contributed by atoms with E-state index in [1.54, 1.807) is 0 Å². The Kier molecular flexibility index (Phi) is 63.9. The summed E-state index contributed by atoms with van der Waals surface area (Å²) in [6, 6.07) is 0. The molecule has 0 radical (unpaired) electrons. The molecule has 0 amide bonds. The average molecular weight is 1120 g/mol. The second-order valence-corrected chi connectivity index (χ2v) is 21.6. The maximum atomic E-state index is 12.9. The molecule has 0 aromatic rings. The lowest BCUT2D eigenvalue weighted by molar-refractivity contribution is -0.167. The Morgan fingerprint density at radius 3 is 0.765 bits per heavy atom. The van der Waals surface area contributed by atoms with Crippen LogP contribution in [0.5, 0.6) is 0 Å². The number of rotatable bonds is 59. The summed E-state index contributed by atoms with van der Waals surface area (Å²) in [5, 5.41) is 0. The summed E-state index contributed by atoms with van der Waals surface area (Å²) in [7, 11) is 0. The van der Waals surface area contributed by atoms with E-state index >= 15 is 0 Å². The molecule has 0 aliphatic rings. The molecule has 0 aromatic carbocycles. The quantitative estimate of drug-likeness (QED) is 0.0261. The molecule has 0 fully saturated rings. The fourth-order valence-corrected chi connectivity index (χ4v) is 8.88. The lowest BCUT2D eigenvalue weighted by Gasteiger charge is -2.18. The minimum absolute atomic E-state index is 0.0956. The molecule has 81 heavy (non-hydrogen) atoms. The first kappa shape index (κ1) is 76.3. The summed E-state index contributed by atoms with van der Waals surface area (Å²) >= 11 is 0. The first-order valence-corrected chi connectivity index (χ1v) is 33.3. The molecule has 6 heteroatoms. The smallest absolute Gasteiger partial charge is 0.306 e. The van der Waals surface area contributed by atoms with Gasteiger partial charge in [-0.25, -0.2) is 0 Å². The van der Waals surface area contributed by atoms with Gasteiger partial charge >= 0.3 is 17.9 Å². The molecule has 0 spiro atoms. The molecule has 6 nitrogen and oxygen atoms in total. The van der Waals surface area contributed by atoms with Gasteiger partial charge in [0.25, 0.3) is 0 Å². The Morgan fingerprint density at radius 1 is 0.259 bits per heavy atom. The highest BCUT2D eigenvalue weighted by Crippen LogP contribution is 2.15. The van der Waals surface area contributed by atoms with Crippen molar-refractivity contribution in [2.75, 3.05) is 13.2 Å². The van der Waals surface area contributed by atoms with Crippen LogP contribution in [0.25, 0.3) is 0 Å². The second kappa shape index (κ2) is 67.8. The van der Waals surface area contributed by atoms with Gasteiger partial charge in [-0.2, -0.15) is 0 Å². The summed E-state index contributed by atoms with van der Waals surface area (Å²) in [6.07, 6.45) is 97.2. The monoisotopic (exact) mass is 1120 g/mol. The number of unbranched alkanes of at least 4 members (excludes halogenated alkanes) is 24. The molecule has 0 aliphatic carbocycles. The van der Waals surface area contributed by atoms with Crippen LogP contribution < -0.4 is 0 Å². The van der Waals surface area contributed by atoms with Gasteiger partial charge in [0.1, 0.15) is 13.2 Å². The summed E-state index contributed by atoms with van der Waals surface area (Å²) < 4.78 is 16.9. The van der Waals surface area contributed by atoms with Crippen molar-refractivity contribution in [2.45, 2.75) is 297 Å². The second-order valence-electron chi connectivity index (χ2n) is 21.6. The minimum atomic E-state index is -0.801. The lowest BCUT2D eigenvalue weighted by Crippen LogP contribution is -2.30. The highest BCUT2D eigenvalue weighted by molar-refractivity contribution is 5.71. The standard InChI is InChI=1S/C75H122O6/c1-4-7-10-13-16-19-22-25-27-29-30-31-32-33-34-35-36-37-38-39-40-41-42-43-44-46-47-50-53-56-59-62-65-68-74(77)80-71-72(70-79-73(76)67-64-61-58-55-52-49-24-21-18-15-12-9-6-3)81-75(78)69-66-63-60-57-54-51-48-45-28-26-23-20-17-14-11-8-5-2/h7-8,10-11,16-17,19-21,24-28,30-31,33-34,36-37,39-40,48,51,72H,4-6,9,12-15,18,22-23,29,32,35,38,41-47,49-50,52-71H2,1-3H3/b10-7-,11-8-,19-16-,20-17-,24-21-,27-25-,28-26-,31-30-,34-33-,37-36-,40-39-,51-48-. The van der Waals surface area contributed by atoms with Gasteiger partial charge in [0.2, 0.25) is 0 Å². The van der Waals surface area contributed by atoms with Crippen LogP contribution in [0.3, 0.4) is 0 Å². The van der Waals surface area contributed by atoms with Crippen LogP contribution in [0.15, 0.2) is 146 Å². The molecule has 0 aliphatic heterocycles. The maximum absolute atomic E-state index is 12.9. The SMILES string of the molecule is CC/C=C\C/C=C\C/C=C\C/C=C\C/C=C\C/C=C\C/C=C\CCCCCCCCCCCCCC(=O)OCC(COC(=O)CCCCCCC/C=C\CCCCCC)OC(=O)CCCCCC/C=C\C/C=C\C/C=C\C/C=C\CC. The molecule has 1 atom stereocenters. The first-order valence-electron chi connectivity index (χ1n) is 33.3. The normalized spacial score (nSPS) is 13.1. The predicted octanol–water partition coefficient (Wildman–Crippen LogP) is 23.1. The van der Waals surface area contributed by atoms with Crippen molar-refractivity contribution in [3.8, 4) is 0 Å². The molecule has 1 unspecified atom stereocenters. The van der Waals surface area contributed by atoms with Crippen LogP contribution in [0.1, 0.15) is 290 Å². The van der Waals surface area contributed by atoms with Crippen molar-refractivity contribution in [3.63, 3.8) is 0 Å². The van der Waals surface area contributed by atoms with Gasteiger partial charge in [-0.15, -0.1) is 0 Å². The largest absolute Gasteiger partial charge is 0.462 e. The fourth-order valence-electron chi connectivity index (χ4n) is 8.88. The molecule has 458 valence electrons. The van der Waals surface area contributed by atoms with Gasteiger partial charge < -0.3 is 14.2 Å². The minimum Gasteiger partial charge on any atom is -0.462 e. The van der Waals surface area contributed by atoms with Crippen LogP contribution in [0.2, 0.25) is 0 Å². The van der Waals surface area contributed by atoms with Crippen LogP contribution >= 0.6 is 0 Å². The number of ether oxygens (including phenoxy) is 3. The van der Waals surface area contributed by atoms with E-state index in [0.29, 0.717) is 19.3 Å². The molecule has 0 saturated carbocycles. The van der Waals surface area contributed by atoms with Crippen molar-refractivity contribution in [1.29, 1.82) is 0 Å². The van der Waals surface area contributed by atoms with E-state index in [1.165, 1.54) is 96.3 Å². The lowest BCUT2D eigenvalue weighted by atomic mass is 10.0. The Morgan fingerprint density at radius 2 is 0.481 bits per heavy atom. The van der Waals surface area contributed by atoms with Gasteiger partial charge in [0.05, 0.1) is 0 Å². The fraction of sp³-hybridized carbons (Fsp3) is 0.640. The van der Waals surface area contributed by atoms with E-state index in [2.05, 4.69) is 167 Å². The Hall–Kier alpha value is -4.71. The van der Waals surface area contributed by atoms with Gasteiger partial charge in [-0.3, -0.25) is 14.4 Å². The zero-order valence-electron chi connectivity index (χ0n) is 52.5. The van der Waals surface area contributed by atoms with E-state index in [-0.39, 0.29) is 31.1 Å². The van der Waals surface area contributed by atoms with Crippen molar-refractivity contribution >= 4 is 17.9 Å². The van der Waals surface area contributed by atoms with E-state index in [1.807, 2.05) is 0 Å². The van der Waals surface area contributed by atoms with Crippen molar-refractivity contribution in [3.05, 3.63) is 146 Å². The Balaban J connectivity index is 4.28. The molecule has 0 saturated heterocycles. The third-order valence-corrected chi connectivity index (χ3v) is 13.8. The maximum Gasteiger partial charge on any atom is 0.306 e. The van der Waals surface area contributed by atoms with E-state index in [4.69, 9.17) is 14.2 Å². The molecule has 0 bridgehead atoms. The zero-order chi connectivity index (χ0) is 58.5. The number of carbonyl (C=O) groups is 3. The van der Waals surface area contributed by atoms with Crippen LogP contribution in [-0.4, -0.2) is 37.2 Å². The summed E-state index contributed by atoms with van der Waals surface area (Å²) in [6.45, 7) is 6.37. The summed E-state index contributed by atoms with van der Waals surface area (Å²) in [5.74, 6) is -0.929. The van der Waals surface area contributed by atoms with Gasteiger partial charge in [0.15, 0.2) is 6.10 Å². The molecular formula is C75H122O6. The number of allylic oxidation sites excluding steroid dienone is 24. The third-order valence-electron chi connectivity index (χ3n) is 13.8. The number of hydrogen-bond acceptors (Lipinski definition) is 6. The Bertz CT molecular complexity index is 1760. The van der Waals surface area contributed by atoms with Crippen molar-refractivity contribution in [2.24, 2.45) is 0 Å². The number of esters is 3. The van der Waals surface area contributed by atoms with Crippen molar-refractivity contribution < 1.29 is 28.6 Å². The highest BCUT2D eigenvalue weighted by atomic mass is 16.6. The molecule has 0 heterocycles. The molecule has 0 N–H and O–H groups in total. The topological polar surface area (TPSA) is 78.9 Å². The van der Waals surface area contributed by atoms with Crippen LogP contribution in [0.4, 0.5) is 0 Å². The molecular weight excluding hydrogens is 997 g/mol. The summed E-state index contributed by atoms with van der Waals surface area (Å²) in [5.41, 5.74) is 0. The van der Waals surface area contributed by atoms with Gasteiger partial charge in [-0.05, 0) is 141 Å². The zero-order valence-corrected chi connectivity index (χ0v) is 52.5. The summed E-state index contributed by atoms with van der Waals surface area (Å²) in [4.78, 5) is 38.3. The van der Waals surface area contributed by atoms with Crippen LogP contribution in [-0.2, 0) is 28.6 Å². The van der Waals surface area contributed by atoms with Crippen LogP contribution in [0, 0.1) is 0 Å². The number of carbonyl (C=O) groups excluding carboxylic acids is 3. The third kappa shape index (κ3) is 66.0. The van der Waals surface area contributed by atoms with Gasteiger partial charge in [-0.1, -0.05) is 276 Å². The van der Waals surface area contributed by atoms with E-state index < -0.39 is 6.10 Å². The van der Waals surface area contributed by atoms with E-state index in [0.717, 1.165) is 154 Å².